The molecule has 0 aliphatic heterocycles. The first-order chi connectivity index (χ1) is 9.25. The molecule has 0 saturated carbocycles. The van der Waals surface area contributed by atoms with E-state index in [2.05, 4.69) is 20.9 Å². The molecule has 4 heteroatoms. The third kappa shape index (κ3) is 2.31. The van der Waals surface area contributed by atoms with Crippen molar-refractivity contribution in [2.45, 2.75) is 6.61 Å². The largest absolute Gasteiger partial charge is 0.488 e. The molecule has 0 aliphatic carbocycles. The maximum absolute atomic E-state index is 5.92. The molecule has 0 atom stereocenters. The Kier molecular flexibility index (Phi) is 3.17. The number of hydrogen-bond donors (Lipinski definition) is 2. The van der Waals surface area contributed by atoms with E-state index < -0.39 is 0 Å². The molecule has 19 heavy (non-hydrogen) atoms. The van der Waals surface area contributed by atoms with Crippen LogP contribution in [0.15, 0.2) is 53.1 Å². The van der Waals surface area contributed by atoms with Crippen LogP contribution in [0.3, 0.4) is 0 Å². The number of nitrogens with one attached hydrogen (secondary N) is 1. The number of para-hydroxylation sites is 2. The lowest BCUT2D eigenvalue weighted by atomic mass is 10.1. The number of rotatable bonds is 3. The van der Waals surface area contributed by atoms with Crippen LogP contribution in [0.25, 0.3) is 10.9 Å². The van der Waals surface area contributed by atoms with E-state index in [4.69, 9.17) is 10.5 Å². The number of anilines is 1. The standard InChI is InChI=1S/C15H13BrN2O/c16-12-5-1-2-7-14(12)19-9-10-8-18-15-11(10)4-3-6-13(15)17/h1-8,18H,9,17H2. The Balaban J connectivity index is 1.87. The van der Waals surface area contributed by atoms with Gasteiger partial charge in [0.1, 0.15) is 12.4 Å². The van der Waals surface area contributed by atoms with Crippen LogP contribution in [0.1, 0.15) is 5.56 Å². The average molecular weight is 317 g/mol. The number of ether oxygens (including phenoxy) is 1. The topological polar surface area (TPSA) is 51.0 Å². The zero-order valence-electron chi connectivity index (χ0n) is 10.2. The van der Waals surface area contributed by atoms with Gasteiger partial charge < -0.3 is 15.5 Å². The monoisotopic (exact) mass is 316 g/mol. The summed E-state index contributed by atoms with van der Waals surface area (Å²) in [5.41, 5.74) is 8.74. The predicted molar refractivity (Wildman–Crippen MR) is 81.2 cm³/mol. The van der Waals surface area contributed by atoms with Crippen molar-refractivity contribution in [2.75, 3.05) is 5.73 Å². The molecule has 0 saturated heterocycles. The highest BCUT2D eigenvalue weighted by atomic mass is 79.9. The Labute approximate surface area is 119 Å². The minimum atomic E-state index is 0.506. The zero-order valence-corrected chi connectivity index (χ0v) is 11.8. The fourth-order valence-corrected chi connectivity index (χ4v) is 2.47. The summed E-state index contributed by atoms with van der Waals surface area (Å²) in [6, 6.07) is 13.7. The predicted octanol–water partition coefficient (Wildman–Crippen LogP) is 4.09. The summed E-state index contributed by atoms with van der Waals surface area (Å²) < 4.78 is 6.77. The van der Waals surface area contributed by atoms with Crippen molar-refractivity contribution in [2.24, 2.45) is 0 Å². The lowest BCUT2D eigenvalue weighted by Crippen LogP contribution is -1.95. The molecule has 0 spiro atoms. The molecule has 0 aliphatic rings. The second kappa shape index (κ2) is 4.97. The molecular weight excluding hydrogens is 304 g/mol. The van der Waals surface area contributed by atoms with Gasteiger partial charge in [-0.05, 0) is 34.1 Å². The SMILES string of the molecule is Nc1cccc2c(COc3ccccc3Br)c[nH]c12. The number of fused-ring (bicyclic) bond motifs is 1. The average Bonchev–Trinajstić information content (AvgIpc) is 2.83. The number of nitrogens with two attached hydrogens (primary N) is 1. The highest BCUT2D eigenvalue weighted by molar-refractivity contribution is 9.10. The van der Waals surface area contributed by atoms with Crippen molar-refractivity contribution >= 4 is 32.5 Å². The molecule has 3 N–H and O–H groups in total. The van der Waals surface area contributed by atoms with E-state index in [1.807, 2.05) is 48.7 Å². The second-order valence-corrected chi connectivity index (χ2v) is 5.16. The van der Waals surface area contributed by atoms with Crippen LogP contribution in [-0.2, 0) is 6.61 Å². The number of aromatic nitrogens is 1. The van der Waals surface area contributed by atoms with Crippen molar-refractivity contribution in [3.05, 3.63) is 58.7 Å². The maximum Gasteiger partial charge on any atom is 0.133 e. The van der Waals surface area contributed by atoms with Crippen molar-refractivity contribution < 1.29 is 4.74 Å². The minimum Gasteiger partial charge on any atom is -0.488 e. The van der Waals surface area contributed by atoms with Gasteiger partial charge in [-0.1, -0.05) is 24.3 Å². The minimum absolute atomic E-state index is 0.506. The lowest BCUT2D eigenvalue weighted by molar-refractivity contribution is 0.305. The van der Waals surface area contributed by atoms with Gasteiger partial charge in [0.25, 0.3) is 0 Å². The molecule has 0 amide bonds. The molecule has 0 radical (unpaired) electrons. The number of hydrogen-bond acceptors (Lipinski definition) is 2. The summed E-state index contributed by atoms with van der Waals surface area (Å²) in [4.78, 5) is 3.19. The van der Waals surface area contributed by atoms with E-state index >= 15 is 0 Å². The summed E-state index contributed by atoms with van der Waals surface area (Å²) in [7, 11) is 0. The van der Waals surface area contributed by atoms with Gasteiger partial charge >= 0.3 is 0 Å². The van der Waals surface area contributed by atoms with Crippen LogP contribution in [0.2, 0.25) is 0 Å². The summed E-state index contributed by atoms with van der Waals surface area (Å²) in [6.07, 6.45) is 1.94. The molecule has 0 unspecified atom stereocenters. The lowest BCUT2D eigenvalue weighted by Gasteiger charge is -2.07. The van der Waals surface area contributed by atoms with Crippen molar-refractivity contribution in [1.29, 1.82) is 0 Å². The highest BCUT2D eigenvalue weighted by Gasteiger charge is 2.07. The summed E-state index contributed by atoms with van der Waals surface area (Å²) in [5.74, 6) is 0.834. The molecule has 0 bridgehead atoms. The molecule has 3 aromatic rings. The number of benzene rings is 2. The molecule has 3 rings (SSSR count). The smallest absolute Gasteiger partial charge is 0.133 e. The van der Waals surface area contributed by atoms with E-state index in [1.54, 1.807) is 0 Å². The summed E-state index contributed by atoms with van der Waals surface area (Å²) in [6.45, 7) is 0.506. The first kappa shape index (κ1) is 12.1. The Morgan fingerprint density at radius 1 is 1.11 bits per heavy atom. The van der Waals surface area contributed by atoms with E-state index in [0.717, 1.165) is 32.4 Å². The van der Waals surface area contributed by atoms with E-state index in [0.29, 0.717) is 6.61 Å². The molecule has 0 fully saturated rings. The Hall–Kier alpha value is -1.94. The van der Waals surface area contributed by atoms with Gasteiger partial charge in [-0.3, -0.25) is 0 Å². The van der Waals surface area contributed by atoms with Crippen molar-refractivity contribution in [3.63, 3.8) is 0 Å². The molecule has 2 aromatic carbocycles. The van der Waals surface area contributed by atoms with Crippen LogP contribution < -0.4 is 10.5 Å². The summed E-state index contributed by atoms with van der Waals surface area (Å²) in [5, 5.41) is 1.10. The fourth-order valence-electron chi connectivity index (χ4n) is 2.07. The first-order valence-corrected chi connectivity index (χ1v) is 6.77. The van der Waals surface area contributed by atoms with Crippen molar-refractivity contribution in [1.82, 2.24) is 4.98 Å². The highest BCUT2D eigenvalue weighted by Crippen LogP contribution is 2.27. The van der Waals surface area contributed by atoms with Crippen LogP contribution in [0, 0.1) is 0 Å². The number of nitrogen functional groups attached to an aromatic ring is 1. The van der Waals surface area contributed by atoms with Crippen LogP contribution >= 0.6 is 15.9 Å². The van der Waals surface area contributed by atoms with Gasteiger partial charge in [0.2, 0.25) is 0 Å². The van der Waals surface area contributed by atoms with Crippen LogP contribution in [0.4, 0.5) is 5.69 Å². The number of H-pyrrole nitrogens is 1. The van der Waals surface area contributed by atoms with E-state index in [-0.39, 0.29) is 0 Å². The van der Waals surface area contributed by atoms with Crippen LogP contribution in [-0.4, -0.2) is 4.98 Å². The number of halogens is 1. The maximum atomic E-state index is 5.92. The second-order valence-electron chi connectivity index (χ2n) is 4.30. The van der Waals surface area contributed by atoms with Gasteiger partial charge in [0, 0.05) is 17.1 Å². The van der Waals surface area contributed by atoms with Gasteiger partial charge in [-0.25, -0.2) is 0 Å². The Bertz CT molecular complexity index is 721. The quantitative estimate of drug-likeness (QED) is 0.715. The third-order valence-electron chi connectivity index (χ3n) is 3.05. The van der Waals surface area contributed by atoms with Gasteiger partial charge in [0.05, 0.1) is 15.7 Å². The van der Waals surface area contributed by atoms with Crippen molar-refractivity contribution in [3.8, 4) is 5.75 Å². The zero-order chi connectivity index (χ0) is 13.2. The van der Waals surface area contributed by atoms with E-state index in [1.165, 1.54) is 0 Å². The van der Waals surface area contributed by atoms with Crippen LogP contribution in [0.5, 0.6) is 5.75 Å². The third-order valence-corrected chi connectivity index (χ3v) is 3.71. The Morgan fingerprint density at radius 3 is 2.79 bits per heavy atom. The van der Waals surface area contributed by atoms with Gasteiger partial charge in [-0.2, -0.15) is 0 Å². The summed E-state index contributed by atoms with van der Waals surface area (Å²) >= 11 is 3.47. The fraction of sp³-hybridized carbons (Fsp3) is 0.0667. The molecular formula is C15H13BrN2O. The Morgan fingerprint density at radius 2 is 1.95 bits per heavy atom. The van der Waals surface area contributed by atoms with Gasteiger partial charge in [-0.15, -0.1) is 0 Å². The molecule has 1 aromatic heterocycles. The first-order valence-electron chi connectivity index (χ1n) is 5.97. The molecule has 1 heterocycles. The normalized spacial score (nSPS) is 10.8. The molecule has 3 nitrogen and oxygen atoms in total. The number of aromatic amines is 1. The molecule has 96 valence electrons. The van der Waals surface area contributed by atoms with E-state index in [9.17, 15) is 0 Å². The van der Waals surface area contributed by atoms with Gasteiger partial charge in [0.15, 0.2) is 0 Å².